The highest BCUT2D eigenvalue weighted by atomic mass is 35.5. The first-order valence-corrected chi connectivity index (χ1v) is 10.2. The number of aryl methyl sites for hydroxylation is 1. The van der Waals surface area contributed by atoms with E-state index in [0.29, 0.717) is 5.56 Å². The van der Waals surface area contributed by atoms with Crippen LogP contribution in [-0.2, 0) is 19.6 Å². The summed E-state index contributed by atoms with van der Waals surface area (Å²) in [5.74, 6) is -1.38. The van der Waals surface area contributed by atoms with Crippen LogP contribution in [0.25, 0.3) is 0 Å². The maximum absolute atomic E-state index is 13.6. The Morgan fingerprint density at radius 2 is 2.07 bits per heavy atom. The number of likely N-dealkylation sites (N-methyl/N-ethyl adjacent to an activating group) is 1. The molecule has 2 aromatic rings. The first-order valence-electron chi connectivity index (χ1n) is 8.36. The fourth-order valence-corrected chi connectivity index (χ4v) is 4.25. The van der Waals surface area contributed by atoms with Crippen molar-refractivity contribution in [3.63, 3.8) is 0 Å². The first-order chi connectivity index (χ1) is 13.6. The molecule has 1 aliphatic rings. The van der Waals surface area contributed by atoms with E-state index in [0.717, 1.165) is 10.4 Å². The van der Waals surface area contributed by atoms with Gasteiger partial charge in [-0.2, -0.15) is 4.31 Å². The lowest BCUT2D eigenvalue weighted by Gasteiger charge is -2.22. The third kappa shape index (κ3) is 4.50. The molecule has 1 aliphatic heterocycles. The first kappa shape index (κ1) is 21.0. The van der Waals surface area contributed by atoms with Crippen LogP contribution in [0.2, 0.25) is 5.02 Å². The maximum Gasteiger partial charge on any atom is 0.262 e. The normalized spacial score (nSPS) is 13.5. The minimum atomic E-state index is -4.15. The van der Waals surface area contributed by atoms with E-state index >= 15 is 0 Å². The number of nitrogens with one attached hydrogen (secondary N) is 2. The fraction of sp³-hybridized carbons (Fsp3) is 0.222. The predicted octanol–water partition coefficient (Wildman–Crippen LogP) is 2.38. The van der Waals surface area contributed by atoms with Crippen molar-refractivity contribution in [3.05, 3.63) is 46.7 Å². The van der Waals surface area contributed by atoms with E-state index in [2.05, 4.69) is 10.6 Å². The summed E-state index contributed by atoms with van der Waals surface area (Å²) in [5, 5.41) is 4.83. The van der Waals surface area contributed by atoms with Crippen molar-refractivity contribution in [3.8, 4) is 5.75 Å². The number of hydrogen-bond donors (Lipinski definition) is 2. The number of nitrogens with zero attached hydrogens (tertiary/aromatic N) is 1. The average molecular weight is 442 g/mol. The molecule has 154 valence electrons. The van der Waals surface area contributed by atoms with Gasteiger partial charge in [0.25, 0.3) is 5.91 Å². The van der Waals surface area contributed by atoms with Gasteiger partial charge in [0.15, 0.2) is 6.61 Å². The van der Waals surface area contributed by atoms with Gasteiger partial charge in [-0.15, -0.1) is 0 Å². The molecule has 0 aliphatic carbocycles. The second kappa shape index (κ2) is 7.97. The molecule has 2 amide bonds. The molecule has 0 fully saturated rings. The molecule has 2 N–H and O–H groups in total. The fourth-order valence-electron chi connectivity index (χ4n) is 2.61. The lowest BCUT2D eigenvalue weighted by Crippen LogP contribution is -2.35. The van der Waals surface area contributed by atoms with Gasteiger partial charge in [0, 0.05) is 18.8 Å². The summed E-state index contributed by atoms with van der Waals surface area (Å²) in [6.45, 7) is 0.807. The summed E-state index contributed by atoms with van der Waals surface area (Å²) in [7, 11) is -2.93. The van der Waals surface area contributed by atoms with Crippen LogP contribution in [0.5, 0.6) is 5.75 Å². The van der Waals surface area contributed by atoms with Crippen molar-refractivity contribution in [1.29, 1.82) is 0 Å². The lowest BCUT2D eigenvalue weighted by atomic mass is 10.2. The highest BCUT2D eigenvalue weighted by Gasteiger charge is 2.28. The van der Waals surface area contributed by atoms with Crippen LogP contribution in [0.4, 0.5) is 15.8 Å². The van der Waals surface area contributed by atoms with Gasteiger partial charge in [0.2, 0.25) is 15.9 Å². The monoisotopic (exact) mass is 441 g/mol. The third-order valence-electron chi connectivity index (χ3n) is 4.18. The highest BCUT2D eigenvalue weighted by molar-refractivity contribution is 7.89. The molecule has 29 heavy (non-hydrogen) atoms. The summed E-state index contributed by atoms with van der Waals surface area (Å²) >= 11 is 6.08. The third-order valence-corrected chi connectivity index (χ3v) is 6.45. The Labute approximate surface area is 171 Å². The number of hydrogen-bond acceptors (Lipinski definition) is 5. The second-order valence-corrected chi connectivity index (χ2v) is 8.81. The zero-order chi connectivity index (χ0) is 21.3. The Hall–Kier alpha value is -2.69. The van der Waals surface area contributed by atoms with Crippen molar-refractivity contribution < 1.29 is 27.1 Å². The van der Waals surface area contributed by atoms with Gasteiger partial charge in [0.05, 0.1) is 17.3 Å². The Morgan fingerprint density at radius 3 is 2.76 bits per heavy atom. The molecule has 0 atom stereocenters. The van der Waals surface area contributed by atoms with Crippen LogP contribution in [0.3, 0.4) is 0 Å². The van der Waals surface area contributed by atoms with Gasteiger partial charge in [-0.1, -0.05) is 17.7 Å². The Bertz CT molecular complexity index is 1110. The van der Waals surface area contributed by atoms with Gasteiger partial charge >= 0.3 is 0 Å². The lowest BCUT2D eigenvalue weighted by molar-refractivity contribution is -0.118. The van der Waals surface area contributed by atoms with E-state index in [1.807, 2.05) is 0 Å². The average Bonchev–Trinajstić information content (AvgIpc) is 2.63. The van der Waals surface area contributed by atoms with E-state index in [1.165, 1.54) is 31.3 Å². The molecule has 0 saturated heterocycles. The molecule has 0 radical (unpaired) electrons. The number of ether oxygens (including phenoxy) is 1. The minimum absolute atomic E-state index is 0.137. The van der Waals surface area contributed by atoms with Crippen molar-refractivity contribution in [1.82, 2.24) is 4.31 Å². The molecule has 2 aromatic carbocycles. The van der Waals surface area contributed by atoms with Gasteiger partial charge in [-0.25, -0.2) is 12.8 Å². The molecule has 0 bridgehead atoms. The van der Waals surface area contributed by atoms with Crippen LogP contribution in [0.15, 0.2) is 35.2 Å². The standard InChI is InChI=1S/C18H17ClFN3O5S/c1-10-3-4-11(5-13(10)20)21-17(24)8-23(2)29(26,27)16-7-15-14(6-12(16)19)22-18(25)9-28-15/h3-7H,8-9H2,1-2H3,(H,21,24)(H,22,25). The number of carbonyl (C=O) groups excluding carboxylic acids is 2. The zero-order valence-electron chi connectivity index (χ0n) is 15.5. The van der Waals surface area contributed by atoms with Gasteiger partial charge < -0.3 is 15.4 Å². The second-order valence-electron chi connectivity index (χ2n) is 6.39. The molecular weight excluding hydrogens is 425 g/mol. The molecule has 0 aromatic heterocycles. The van der Waals surface area contributed by atoms with Crippen molar-refractivity contribution in [2.75, 3.05) is 30.8 Å². The molecule has 1 heterocycles. The number of rotatable bonds is 5. The minimum Gasteiger partial charge on any atom is -0.482 e. The topological polar surface area (TPSA) is 105 Å². The summed E-state index contributed by atoms with van der Waals surface area (Å²) in [6, 6.07) is 6.61. The largest absolute Gasteiger partial charge is 0.482 e. The molecule has 11 heteroatoms. The zero-order valence-corrected chi connectivity index (χ0v) is 17.0. The highest BCUT2D eigenvalue weighted by Crippen LogP contribution is 2.36. The molecule has 0 unspecified atom stereocenters. The number of fused-ring (bicyclic) bond motifs is 1. The van der Waals surface area contributed by atoms with E-state index in [4.69, 9.17) is 16.3 Å². The number of sulfonamides is 1. The van der Waals surface area contributed by atoms with Gasteiger partial charge in [0.1, 0.15) is 16.5 Å². The van der Waals surface area contributed by atoms with Crippen LogP contribution in [0, 0.1) is 12.7 Å². The van der Waals surface area contributed by atoms with E-state index in [9.17, 15) is 22.4 Å². The molecule has 3 rings (SSSR count). The predicted molar refractivity (Wildman–Crippen MR) is 105 cm³/mol. The number of benzene rings is 2. The molecule has 0 saturated carbocycles. The molecule has 8 nitrogen and oxygen atoms in total. The van der Waals surface area contributed by atoms with E-state index in [1.54, 1.807) is 6.92 Å². The number of anilines is 2. The van der Waals surface area contributed by atoms with Crippen molar-refractivity contribution in [2.45, 2.75) is 11.8 Å². The van der Waals surface area contributed by atoms with E-state index < -0.39 is 28.3 Å². The SMILES string of the molecule is Cc1ccc(NC(=O)CN(C)S(=O)(=O)c2cc3c(cc2Cl)NC(=O)CO3)cc1F. The van der Waals surface area contributed by atoms with Crippen LogP contribution < -0.4 is 15.4 Å². The smallest absolute Gasteiger partial charge is 0.262 e. The van der Waals surface area contributed by atoms with Crippen LogP contribution in [0.1, 0.15) is 5.56 Å². The van der Waals surface area contributed by atoms with Crippen LogP contribution >= 0.6 is 11.6 Å². The maximum atomic E-state index is 13.6. The summed E-state index contributed by atoms with van der Waals surface area (Å²) < 4.78 is 45.3. The summed E-state index contributed by atoms with van der Waals surface area (Å²) in [4.78, 5) is 23.3. The number of carbonyl (C=O) groups is 2. The van der Waals surface area contributed by atoms with Crippen molar-refractivity contribution in [2.24, 2.45) is 0 Å². The van der Waals surface area contributed by atoms with Gasteiger partial charge in [-0.05, 0) is 30.7 Å². The van der Waals surface area contributed by atoms with E-state index in [-0.39, 0.29) is 39.6 Å². The Balaban J connectivity index is 1.77. The van der Waals surface area contributed by atoms with Crippen molar-refractivity contribution >= 4 is 44.8 Å². The molecule has 0 spiro atoms. The molecular formula is C18H17ClFN3O5S. The number of amides is 2. The number of halogens is 2. The quantitative estimate of drug-likeness (QED) is 0.741. The van der Waals surface area contributed by atoms with Gasteiger partial charge in [-0.3, -0.25) is 9.59 Å². The summed E-state index contributed by atoms with van der Waals surface area (Å²) in [6.07, 6.45) is 0. The van der Waals surface area contributed by atoms with Crippen LogP contribution in [-0.4, -0.2) is 44.7 Å². The Morgan fingerprint density at radius 1 is 1.34 bits per heavy atom. The Kier molecular flexibility index (Phi) is 5.78. The summed E-state index contributed by atoms with van der Waals surface area (Å²) in [5.41, 5.74) is 0.884.